The molecule has 3 aromatic rings. The topological polar surface area (TPSA) is 101 Å². The molecule has 204 valence electrons. The highest BCUT2D eigenvalue weighted by Gasteiger charge is 2.56. The summed E-state index contributed by atoms with van der Waals surface area (Å²) in [5.74, 6) is 0. The Morgan fingerprint density at radius 2 is 2.00 bits per heavy atom. The van der Waals surface area contributed by atoms with E-state index in [4.69, 9.17) is 23.2 Å². The van der Waals surface area contributed by atoms with E-state index in [0.29, 0.717) is 63.5 Å². The Kier molecular flexibility index (Phi) is 7.18. The van der Waals surface area contributed by atoms with Crippen LogP contribution in [0.4, 0.5) is 20.2 Å². The molecule has 0 bridgehead atoms. The highest BCUT2D eigenvalue weighted by molar-refractivity contribution is 6.36. The fraction of sp³-hybridized carbons (Fsp3) is 0.370. The minimum Gasteiger partial charge on any atom is -0.383 e. The van der Waals surface area contributed by atoms with Crippen molar-refractivity contribution in [2.75, 3.05) is 17.2 Å². The molecule has 8 nitrogen and oxygen atoms in total. The summed E-state index contributed by atoms with van der Waals surface area (Å²) < 4.78 is 27.6. The predicted molar refractivity (Wildman–Crippen MR) is 149 cm³/mol. The number of benzene rings is 1. The van der Waals surface area contributed by atoms with Crippen molar-refractivity contribution in [2.45, 2.75) is 51.6 Å². The minimum absolute atomic E-state index is 0.0409. The van der Waals surface area contributed by atoms with Gasteiger partial charge >= 0.3 is 0 Å². The maximum Gasteiger partial charge on any atom is 0.262 e. The van der Waals surface area contributed by atoms with E-state index >= 15 is 0 Å². The summed E-state index contributed by atoms with van der Waals surface area (Å²) in [4.78, 5) is 8.63. The first-order chi connectivity index (χ1) is 18.5. The lowest BCUT2D eigenvalue weighted by Gasteiger charge is -2.25. The number of hydrogen-bond donors (Lipinski definition) is 4. The van der Waals surface area contributed by atoms with Gasteiger partial charge in [-0.15, -0.1) is 5.53 Å². The molecule has 12 heteroatoms. The van der Waals surface area contributed by atoms with Gasteiger partial charge in [-0.2, -0.15) is 5.26 Å². The maximum atomic E-state index is 13.8. The fourth-order valence-corrected chi connectivity index (χ4v) is 4.98. The van der Waals surface area contributed by atoms with Crippen molar-refractivity contribution in [2.24, 2.45) is 5.41 Å². The molecule has 2 aliphatic rings. The molecule has 1 atom stereocenters. The zero-order chi connectivity index (χ0) is 27.9. The second kappa shape index (κ2) is 10.3. The summed E-state index contributed by atoms with van der Waals surface area (Å²) in [5.41, 5.74) is 8.02. The van der Waals surface area contributed by atoms with Gasteiger partial charge in [0, 0.05) is 41.8 Å². The third kappa shape index (κ3) is 5.39. The average Bonchev–Trinajstić information content (AvgIpc) is 3.56. The van der Waals surface area contributed by atoms with Crippen LogP contribution in [0.3, 0.4) is 0 Å². The Hall–Kier alpha value is -3.39. The Balaban J connectivity index is 1.57. The Morgan fingerprint density at radius 1 is 1.23 bits per heavy atom. The number of aromatic nitrogens is 2. The molecule has 1 aliphatic heterocycles. The van der Waals surface area contributed by atoms with Crippen molar-refractivity contribution in [3.05, 3.63) is 69.9 Å². The van der Waals surface area contributed by atoms with Gasteiger partial charge in [0.25, 0.3) is 6.43 Å². The van der Waals surface area contributed by atoms with E-state index in [9.17, 15) is 14.0 Å². The Labute approximate surface area is 235 Å². The van der Waals surface area contributed by atoms with Gasteiger partial charge in [0.2, 0.25) is 0 Å². The van der Waals surface area contributed by atoms with Gasteiger partial charge in [0.05, 0.1) is 33.5 Å². The van der Waals surface area contributed by atoms with Crippen LogP contribution in [0.1, 0.15) is 50.8 Å². The molecule has 1 fully saturated rings. The van der Waals surface area contributed by atoms with Gasteiger partial charge in [-0.1, -0.05) is 50.0 Å². The summed E-state index contributed by atoms with van der Waals surface area (Å²) >= 11 is 13.2. The monoisotopic (exact) mass is 572 g/mol. The van der Waals surface area contributed by atoms with Crippen LogP contribution in [0.15, 0.2) is 48.6 Å². The van der Waals surface area contributed by atoms with E-state index < -0.39 is 18.0 Å². The van der Waals surface area contributed by atoms with Gasteiger partial charge in [-0.25, -0.2) is 13.8 Å². The lowest BCUT2D eigenvalue weighted by atomic mass is 9.96. The molecule has 2 aromatic heterocycles. The molecule has 3 heterocycles. The molecule has 0 spiro atoms. The third-order valence-corrected chi connectivity index (χ3v) is 7.40. The van der Waals surface area contributed by atoms with Crippen LogP contribution in [-0.4, -0.2) is 33.5 Å². The molecule has 0 saturated heterocycles. The van der Waals surface area contributed by atoms with Crippen LogP contribution in [0.2, 0.25) is 10.2 Å². The molecule has 0 unspecified atom stereocenters. The second-order valence-corrected chi connectivity index (χ2v) is 11.7. The molecular weight excluding hydrogens is 545 g/mol. The molecule has 5 rings (SSSR count). The largest absolute Gasteiger partial charge is 0.383 e. The molecular formula is C27H28Cl2F2N8. The number of fused-ring (bicyclic) bond motifs is 1. The number of hydrazine groups is 2. The van der Waals surface area contributed by atoms with E-state index in [1.165, 1.54) is 11.2 Å². The zero-order valence-electron chi connectivity index (χ0n) is 21.6. The van der Waals surface area contributed by atoms with Gasteiger partial charge in [0.1, 0.15) is 16.8 Å². The van der Waals surface area contributed by atoms with Gasteiger partial charge in [-0.3, -0.25) is 9.99 Å². The third-order valence-electron chi connectivity index (χ3n) is 6.80. The van der Waals surface area contributed by atoms with E-state index in [1.54, 1.807) is 24.5 Å². The molecule has 0 radical (unpaired) electrons. The van der Waals surface area contributed by atoms with E-state index in [2.05, 4.69) is 58.4 Å². The number of nitriles is 1. The minimum atomic E-state index is -2.50. The fourth-order valence-electron chi connectivity index (χ4n) is 4.48. The van der Waals surface area contributed by atoms with Gasteiger partial charge in [0.15, 0.2) is 0 Å². The normalized spacial score (nSPS) is 17.0. The molecule has 4 N–H and O–H groups in total. The van der Waals surface area contributed by atoms with Crippen LogP contribution in [0.5, 0.6) is 0 Å². The second-order valence-electron chi connectivity index (χ2n) is 11.0. The SMILES string of the molecule is CC(C)(C)CNc1c(C#N)cnc2c(Cl)cc(N[C@@H](C3=CN(C4(C(F)F)CC4)NN3)c3cccnc3Cl)cc12. The number of halogens is 4. The first kappa shape index (κ1) is 27.2. The first-order valence-electron chi connectivity index (χ1n) is 12.5. The van der Waals surface area contributed by atoms with Crippen LogP contribution < -0.4 is 21.6 Å². The quantitative estimate of drug-likeness (QED) is 0.230. The van der Waals surface area contributed by atoms with Crippen molar-refractivity contribution in [3.63, 3.8) is 0 Å². The van der Waals surface area contributed by atoms with Crippen LogP contribution in [0.25, 0.3) is 10.9 Å². The number of nitrogens with one attached hydrogen (secondary N) is 4. The number of alkyl halides is 2. The van der Waals surface area contributed by atoms with Gasteiger partial charge < -0.3 is 16.1 Å². The Bertz CT molecular complexity index is 1480. The smallest absolute Gasteiger partial charge is 0.262 e. The summed E-state index contributed by atoms with van der Waals surface area (Å²) in [6.07, 6.45) is 2.98. The highest BCUT2D eigenvalue weighted by atomic mass is 35.5. The Morgan fingerprint density at radius 3 is 2.64 bits per heavy atom. The predicted octanol–water partition coefficient (Wildman–Crippen LogP) is 6.38. The lowest BCUT2D eigenvalue weighted by molar-refractivity contribution is 0.00911. The zero-order valence-corrected chi connectivity index (χ0v) is 23.1. The molecule has 1 aromatic carbocycles. The number of hydrogen-bond acceptors (Lipinski definition) is 8. The number of rotatable bonds is 8. The summed E-state index contributed by atoms with van der Waals surface area (Å²) in [6.45, 7) is 6.90. The first-order valence-corrected chi connectivity index (χ1v) is 13.2. The van der Waals surface area contributed by atoms with Crippen molar-refractivity contribution in [3.8, 4) is 6.07 Å². The number of pyridine rings is 2. The van der Waals surface area contributed by atoms with Crippen LogP contribution in [-0.2, 0) is 0 Å². The highest BCUT2D eigenvalue weighted by Crippen LogP contribution is 2.47. The number of anilines is 2. The summed E-state index contributed by atoms with van der Waals surface area (Å²) in [5, 5.41) is 19.4. The molecule has 1 aliphatic carbocycles. The van der Waals surface area contributed by atoms with Crippen LogP contribution >= 0.6 is 23.2 Å². The van der Waals surface area contributed by atoms with E-state index in [0.717, 1.165) is 0 Å². The number of nitrogens with zero attached hydrogens (tertiary/aromatic N) is 4. The molecule has 0 amide bonds. The van der Waals surface area contributed by atoms with E-state index in [1.807, 2.05) is 12.1 Å². The van der Waals surface area contributed by atoms with Crippen LogP contribution in [0, 0.1) is 16.7 Å². The summed E-state index contributed by atoms with van der Waals surface area (Å²) in [7, 11) is 0. The van der Waals surface area contributed by atoms with E-state index in [-0.39, 0.29) is 10.6 Å². The molecule has 39 heavy (non-hydrogen) atoms. The lowest BCUT2D eigenvalue weighted by Crippen LogP contribution is -2.48. The maximum absolute atomic E-state index is 13.8. The van der Waals surface area contributed by atoms with Gasteiger partial charge in [-0.05, 0) is 36.5 Å². The van der Waals surface area contributed by atoms with Crippen molar-refractivity contribution < 1.29 is 8.78 Å². The average molecular weight is 573 g/mol. The van der Waals surface area contributed by atoms with Crippen molar-refractivity contribution in [1.29, 1.82) is 5.26 Å². The van der Waals surface area contributed by atoms with Crippen molar-refractivity contribution in [1.82, 2.24) is 25.9 Å². The van der Waals surface area contributed by atoms with Crippen molar-refractivity contribution >= 4 is 45.5 Å². The standard InChI is InChI=1S/C27H28Cl2F2N8/c1-26(2,3)14-35-21-15(11-32)12-34-22-18(21)9-16(10-19(22)28)36-23(17-5-4-8-33-24(17)29)20-13-39(38-37-20)27(6-7-27)25(30)31/h4-5,8-10,12-13,23,25,36-38H,6-7,14H2,1-3H3,(H,34,35)/t23-/m1/s1. The summed E-state index contributed by atoms with van der Waals surface area (Å²) in [6, 6.07) is 8.77. The molecule has 1 saturated carbocycles.